The van der Waals surface area contributed by atoms with E-state index in [0.29, 0.717) is 40.4 Å². The number of nitrogens with zero attached hydrogens (tertiary/aromatic N) is 3. The molecule has 2 aliphatic heterocycles. The predicted molar refractivity (Wildman–Crippen MR) is 172 cm³/mol. The zero-order valence-corrected chi connectivity index (χ0v) is 26.1. The Labute approximate surface area is 264 Å². The predicted octanol–water partition coefficient (Wildman–Crippen LogP) is 5.18. The van der Waals surface area contributed by atoms with Crippen molar-refractivity contribution in [2.24, 2.45) is 7.05 Å². The molecule has 0 unspecified atom stereocenters. The Morgan fingerprint density at radius 2 is 1.93 bits per heavy atom. The van der Waals surface area contributed by atoms with E-state index in [-0.39, 0.29) is 23.9 Å². The first-order chi connectivity index (χ1) is 21.8. The minimum Gasteiger partial charge on any atom is -0.461 e. The van der Waals surface area contributed by atoms with Gasteiger partial charge in [-0.1, -0.05) is 6.07 Å². The highest BCUT2D eigenvalue weighted by Crippen LogP contribution is 2.41. The standard InChI is InChI=1S/C34H34FN5O4S/c1-19(41)44-18-27-26(28-17-39(2)34(43)32(38-28)37-23-8-7-21-16-36-11-9-20(21)13-23)14-22(35)15-29(27)40-12-10-25-24-5-3-4-6-30(24)45-31(25)33(40)42/h7-8,13-15,17,36H,3-6,9-12,16,18H2,1-2H3,(H,37,38). The molecule has 45 heavy (non-hydrogen) atoms. The number of amides is 1. The molecule has 11 heteroatoms. The topological polar surface area (TPSA) is 106 Å². The van der Waals surface area contributed by atoms with Gasteiger partial charge in [0.05, 0.1) is 16.3 Å². The molecule has 232 valence electrons. The number of halogens is 1. The fraction of sp³-hybridized carbons (Fsp3) is 0.353. The van der Waals surface area contributed by atoms with Gasteiger partial charge in [0.25, 0.3) is 11.5 Å². The highest BCUT2D eigenvalue weighted by molar-refractivity contribution is 7.14. The van der Waals surface area contributed by atoms with Crippen LogP contribution in [0.5, 0.6) is 0 Å². The van der Waals surface area contributed by atoms with Gasteiger partial charge in [-0.15, -0.1) is 11.3 Å². The van der Waals surface area contributed by atoms with Gasteiger partial charge in [0.15, 0.2) is 5.82 Å². The zero-order chi connectivity index (χ0) is 31.2. The number of aromatic nitrogens is 2. The molecule has 0 bridgehead atoms. The molecule has 0 saturated heterocycles. The molecular formula is C34H34FN5O4S. The number of aryl methyl sites for hydroxylation is 2. The number of anilines is 3. The van der Waals surface area contributed by atoms with Crippen molar-refractivity contribution in [2.75, 3.05) is 23.3 Å². The van der Waals surface area contributed by atoms with Crippen LogP contribution in [-0.2, 0) is 55.4 Å². The van der Waals surface area contributed by atoms with Crippen LogP contribution >= 0.6 is 11.3 Å². The van der Waals surface area contributed by atoms with E-state index < -0.39 is 11.8 Å². The van der Waals surface area contributed by atoms with Crippen LogP contribution in [0, 0.1) is 5.82 Å². The van der Waals surface area contributed by atoms with Crippen LogP contribution in [0.4, 0.5) is 21.6 Å². The van der Waals surface area contributed by atoms with Gasteiger partial charge in [-0.2, -0.15) is 0 Å². The summed E-state index contributed by atoms with van der Waals surface area (Å²) in [6.45, 7) is 3.18. The smallest absolute Gasteiger partial charge is 0.302 e. The molecule has 1 aliphatic carbocycles. The van der Waals surface area contributed by atoms with Crippen molar-refractivity contribution in [1.82, 2.24) is 14.9 Å². The minimum atomic E-state index is -0.566. The third-order valence-electron chi connectivity index (χ3n) is 8.91. The number of esters is 1. The van der Waals surface area contributed by atoms with Gasteiger partial charge in [-0.25, -0.2) is 9.37 Å². The van der Waals surface area contributed by atoms with E-state index in [4.69, 9.17) is 4.74 Å². The van der Waals surface area contributed by atoms with Gasteiger partial charge in [-0.05, 0) is 91.6 Å². The van der Waals surface area contributed by atoms with Crippen molar-refractivity contribution >= 4 is 40.4 Å². The van der Waals surface area contributed by atoms with Gasteiger partial charge < -0.3 is 24.8 Å². The summed E-state index contributed by atoms with van der Waals surface area (Å²) in [6.07, 6.45) is 7.32. The Balaban J connectivity index is 1.30. The molecule has 2 aromatic carbocycles. The molecule has 0 atom stereocenters. The first-order valence-electron chi connectivity index (χ1n) is 15.4. The van der Waals surface area contributed by atoms with Crippen LogP contribution in [0.25, 0.3) is 11.3 Å². The van der Waals surface area contributed by atoms with E-state index in [1.807, 2.05) is 18.2 Å². The van der Waals surface area contributed by atoms with Gasteiger partial charge in [0.1, 0.15) is 12.4 Å². The van der Waals surface area contributed by atoms with Crippen molar-refractivity contribution in [3.05, 3.63) is 90.3 Å². The number of rotatable bonds is 6. The largest absolute Gasteiger partial charge is 0.461 e. The van der Waals surface area contributed by atoms with Crippen molar-refractivity contribution in [2.45, 2.75) is 58.6 Å². The average Bonchev–Trinajstić information content (AvgIpc) is 3.42. The summed E-state index contributed by atoms with van der Waals surface area (Å²) in [5.41, 5.74) is 6.67. The number of nitrogens with one attached hydrogen (secondary N) is 2. The number of hydrogen-bond acceptors (Lipinski definition) is 8. The first-order valence-corrected chi connectivity index (χ1v) is 16.2. The Kier molecular flexibility index (Phi) is 7.74. The van der Waals surface area contributed by atoms with Crippen molar-refractivity contribution < 1.29 is 18.7 Å². The van der Waals surface area contributed by atoms with E-state index in [1.54, 1.807) is 23.3 Å². The van der Waals surface area contributed by atoms with Crippen molar-refractivity contribution in [3.8, 4) is 11.3 Å². The summed E-state index contributed by atoms with van der Waals surface area (Å²) in [6, 6.07) is 8.59. The third kappa shape index (κ3) is 5.55. The number of ether oxygens (including phenoxy) is 1. The second-order valence-electron chi connectivity index (χ2n) is 11.9. The molecule has 4 heterocycles. The number of carbonyl (C=O) groups is 2. The lowest BCUT2D eigenvalue weighted by atomic mass is 9.91. The summed E-state index contributed by atoms with van der Waals surface area (Å²) in [7, 11) is 1.61. The second kappa shape index (κ2) is 11.9. The maximum absolute atomic E-state index is 15.5. The molecule has 2 N–H and O–H groups in total. The summed E-state index contributed by atoms with van der Waals surface area (Å²) in [5.74, 6) is -1.16. The molecule has 9 nitrogen and oxygen atoms in total. The monoisotopic (exact) mass is 627 g/mol. The average molecular weight is 628 g/mol. The molecular weight excluding hydrogens is 593 g/mol. The van der Waals surface area contributed by atoms with E-state index in [0.717, 1.165) is 56.4 Å². The molecule has 2 aromatic heterocycles. The van der Waals surface area contributed by atoms with Crippen LogP contribution < -0.4 is 21.1 Å². The summed E-state index contributed by atoms with van der Waals surface area (Å²) < 4.78 is 22.3. The molecule has 1 amide bonds. The van der Waals surface area contributed by atoms with Crippen molar-refractivity contribution in [1.29, 1.82) is 0 Å². The van der Waals surface area contributed by atoms with E-state index in [1.165, 1.54) is 51.4 Å². The molecule has 0 spiro atoms. The lowest BCUT2D eigenvalue weighted by Crippen LogP contribution is -2.38. The molecule has 4 aromatic rings. The van der Waals surface area contributed by atoms with Crippen molar-refractivity contribution in [3.63, 3.8) is 0 Å². The molecule has 7 rings (SSSR count). The van der Waals surface area contributed by atoms with Crippen LogP contribution in [0.15, 0.2) is 41.3 Å². The number of carbonyl (C=O) groups excluding carboxylic acids is 2. The third-order valence-corrected chi connectivity index (χ3v) is 10.2. The SMILES string of the molecule is CC(=O)OCc1c(-c2cn(C)c(=O)c(Nc3ccc4c(c3)CCNC4)n2)cc(F)cc1N1CCc2c(sc3c2CCCC3)C1=O. The fourth-order valence-electron chi connectivity index (χ4n) is 6.67. The van der Waals surface area contributed by atoms with Gasteiger partial charge in [0.2, 0.25) is 0 Å². The normalized spacial score (nSPS) is 15.7. The fourth-order valence-corrected chi connectivity index (χ4v) is 8.06. The number of hydrogen-bond donors (Lipinski definition) is 2. The molecule has 3 aliphatic rings. The quantitative estimate of drug-likeness (QED) is 0.284. The number of fused-ring (bicyclic) bond motifs is 4. The van der Waals surface area contributed by atoms with Gasteiger partial charge in [0, 0.05) is 54.9 Å². The summed E-state index contributed by atoms with van der Waals surface area (Å²) in [4.78, 5) is 47.4. The van der Waals surface area contributed by atoms with Gasteiger partial charge >= 0.3 is 5.97 Å². The maximum Gasteiger partial charge on any atom is 0.302 e. The minimum absolute atomic E-state index is 0.0796. The Hall–Kier alpha value is -4.35. The zero-order valence-electron chi connectivity index (χ0n) is 25.3. The summed E-state index contributed by atoms with van der Waals surface area (Å²) >= 11 is 1.56. The highest BCUT2D eigenvalue weighted by Gasteiger charge is 2.34. The van der Waals surface area contributed by atoms with E-state index in [9.17, 15) is 14.4 Å². The lowest BCUT2D eigenvalue weighted by molar-refractivity contribution is -0.142. The summed E-state index contributed by atoms with van der Waals surface area (Å²) in [5, 5.41) is 6.52. The van der Waals surface area contributed by atoms with Gasteiger partial charge in [-0.3, -0.25) is 14.4 Å². The Bertz CT molecular complexity index is 1920. The highest BCUT2D eigenvalue weighted by atomic mass is 32.1. The molecule has 0 saturated carbocycles. The van der Waals surface area contributed by atoms with Crippen LogP contribution in [-0.4, -0.2) is 34.5 Å². The van der Waals surface area contributed by atoms with Crippen LogP contribution in [0.3, 0.4) is 0 Å². The number of benzene rings is 2. The Morgan fingerprint density at radius 1 is 1.09 bits per heavy atom. The van der Waals surface area contributed by atoms with Crippen LogP contribution in [0.2, 0.25) is 0 Å². The lowest BCUT2D eigenvalue weighted by Gasteiger charge is -2.30. The molecule has 0 radical (unpaired) electrons. The first kappa shape index (κ1) is 29.4. The van der Waals surface area contributed by atoms with Crippen LogP contribution in [0.1, 0.15) is 62.1 Å². The Morgan fingerprint density at radius 3 is 2.78 bits per heavy atom. The van der Waals surface area contributed by atoms with E-state index in [2.05, 4.69) is 15.6 Å². The molecule has 0 fully saturated rings. The van der Waals surface area contributed by atoms with E-state index >= 15 is 4.39 Å². The number of thiophene rings is 1. The second-order valence-corrected chi connectivity index (χ2v) is 13.0. The maximum atomic E-state index is 15.5.